The Hall–Kier alpha value is -2.16. The molecule has 0 radical (unpaired) electrons. The fourth-order valence-electron chi connectivity index (χ4n) is 3.91. The molecule has 0 aliphatic heterocycles. The van der Waals surface area contributed by atoms with Crippen LogP contribution >= 0.6 is 0 Å². The molecule has 1 heterocycles. The molecular weight excluding hydrogens is 394 g/mol. The van der Waals surface area contributed by atoms with Crippen LogP contribution in [0.25, 0.3) is 11.3 Å². The van der Waals surface area contributed by atoms with E-state index < -0.39 is 0 Å². The van der Waals surface area contributed by atoms with Crippen molar-refractivity contribution < 1.29 is 9.53 Å². The van der Waals surface area contributed by atoms with Crippen LogP contribution in [0.3, 0.4) is 0 Å². The van der Waals surface area contributed by atoms with Crippen molar-refractivity contribution in [2.75, 3.05) is 6.61 Å². The van der Waals surface area contributed by atoms with E-state index in [1.165, 1.54) is 56.9 Å². The third kappa shape index (κ3) is 9.97. The largest absolute Gasteiger partial charge is 0.462 e. The van der Waals surface area contributed by atoms with Crippen LogP contribution in [0.2, 0.25) is 0 Å². The fraction of sp³-hybridized carbons (Fsp3) is 0.586. The fourth-order valence-corrected chi connectivity index (χ4v) is 3.91. The highest BCUT2D eigenvalue weighted by Gasteiger charge is 2.10. The molecule has 176 valence electrons. The smallest absolute Gasteiger partial charge is 0.338 e. The molecule has 0 amide bonds. The maximum absolute atomic E-state index is 12.4. The summed E-state index contributed by atoms with van der Waals surface area (Å²) in [5, 5.41) is 0. The van der Waals surface area contributed by atoms with E-state index in [-0.39, 0.29) is 5.97 Å². The lowest BCUT2D eigenvalue weighted by atomic mass is 9.98. The first-order valence-electron chi connectivity index (χ1n) is 12.7. The van der Waals surface area contributed by atoms with Crippen molar-refractivity contribution in [3.63, 3.8) is 0 Å². The second-order valence-corrected chi connectivity index (χ2v) is 9.65. The molecule has 32 heavy (non-hydrogen) atoms. The first kappa shape index (κ1) is 26.1. The van der Waals surface area contributed by atoms with E-state index in [4.69, 9.17) is 4.74 Å². The van der Waals surface area contributed by atoms with Gasteiger partial charge in [-0.3, -0.25) is 4.98 Å². The molecule has 2 aromatic rings. The third-order valence-electron chi connectivity index (χ3n) is 6.13. The summed E-state index contributed by atoms with van der Waals surface area (Å²) in [6.45, 7) is 9.51. The number of aryl methyl sites for hydroxylation is 1. The number of rotatable bonds is 15. The number of ether oxygens (including phenoxy) is 1. The van der Waals surface area contributed by atoms with Gasteiger partial charge in [0.25, 0.3) is 0 Å². The van der Waals surface area contributed by atoms with Crippen LogP contribution in [-0.4, -0.2) is 17.6 Å². The lowest BCUT2D eigenvalue weighted by Crippen LogP contribution is -2.09. The van der Waals surface area contributed by atoms with Gasteiger partial charge in [0.05, 0.1) is 17.9 Å². The SMILES string of the molecule is CCCCCCCc1ccc(-c2ccc(C(=O)OCCC(C)CCCC(C)C)cc2)nc1. The van der Waals surface area contributed by atoms with Gasteiger partial charge in [-0.05, 0) is 54.9 Å². The van der Waals surface area contributed by atoms with Crippen LogP contribution in [0.4, 0.5) is 0 Å². The third-order valence-corrected chi connectivity index (χ3v) is 6.13. The molecule has 0 spiro atoms. The lowest BCUT2D eigenvalue weighted by molar-refractivity contribution is 0.0483. The van der Waals surface area contributed by atoms with Gasteiger partial charge in [0.2, 0.25) is 0 Å². The maximum Gasteiger partial charge on any atom is 0.338 e. The molecule has 2 rings (SSSR count). The Kier molecular flexibility index (Phi) is 12.1. The molecule has 0 saturated heterocycles. The van der Waals surface area contributed by atoms with Crippen molar-refractivity contribution in [1.82, 2.24) is 4.98 Å². The first-order chi connectivity index (χ1) is 15.5. The predicted molar refractivity (Wildman–Crippen MR) is 135 cm³/mol. The lowest BCUT2D eigenvalue weighted by Gasteiger charge is -2.12. The van der Waals surface area contributed by atoms with Crippen molar-refractivity contribution in [2.45, 2.75) is 91.9 Å². The van der Waals surface area contributed by atoms with Gasteiger partial charge in [0.15, 0.2) is 0 Å². The highest BCUT2D eigenvalue weighted by molar-refractivity contribution is 5.90. The minimum Gasteiger partial charge on any atom is -0.462 e. The molecule has 1 unspecified atom stereocenters. The molecule has 0 saturated carbocycles. The molecule has 3 heteroatoms. The van der Waals surface area contributed by atoms with Crippen molar-refractivity contribution in [3.8, 4) is 11.3 Å². The summed E-state index contributed by atoms with van der Waals surface area (Å²) >= 11 is 0. The van der Waals surface area contributed by atoms with E-state index in [0.29, 0.717) is 18.1 Å². The number of unbranched alkanes of at least 4 members (excludes halogenated alkanes) is 4. The highest BCUT2D eigenvalue weighted by Crippen LogP contribution is 2.20. The molecule has 0 aliphatic rings. The molecule has 3 nitrogen and oxygen atoms in total. The van der Waals surface area contributed by atoms with Crippen LogP contribution in [0, 0.1) is 11.8 Å². The summed E-state index contributed by atoms with van der Waals surface area (Å²) in [6, 6.07) is 11.8. The van der Waals surface area contributed by atoms with Crippen LogP contribution in [0.1, 0.15) is 101 Å². The number of hydrogen-bond acceptors (Lipinski definition) is 3. The number of aromatic nitrogens is 1. The predicted octanol–water partition coefficient (Wildman–Crippen LogP) is 8.27. The summed E-state index contributed by atoms with van der Waals surface area (Å²) in [6.07, 6.45) is 14.2. The maximum atomic E-state index is 12.4. The number of pyridine rings is 1. The molecule has 0 N–H and O–H groups in total. The van der Waals surface area contributed by atoms with E-state index in [1.807, 2.05) is 30.5 Å². The number of carbonyl (C=O) groups is 1. The van der Waals surface area contributed by atoms with E-state index in [0.717, 1.165) is 30.0 Å². The van der Waals surface area contributed by atoms with E-state index in [1.54, 1.807) is 0 Å². The molecule has 1 aromatic carbocycles. The topological polar surface area (TPSA) is 39.2 Å². The van der Waals surface area contributed by atoms with Crippen LogP contribution in [0.15, 0.2) is 42.6 Å². The Labute approximate surface area is 196 Å². The average Bonchev–Trinajstić information content (AvgIpc) is 2.79. The normalized spacial score (nSPS) is 12.2. The van der Waals surface area contributed by atoms with Gasteiger partial charge in [0, 0.05) is 11.8 Å². The Morgan fingerprint density at radius 2 is 1.62 bits per heavy atom. The van der Waals surface area contributed by atoms with Gasteiger partial charge in [-0.1, -0.05) is 90.8 Å². The van der Waals surface area contributed by atoms with Gasteiger partial charge in [-0.15, -0.1) is 0 Å². The van der Waals surface area contributed by atoms with Crippen LogP contribution < -0.4 is 0 Å². The van der Waals surface area contributed by atoms with Gasteiger partial charge in [-0.2, -0.15) is 0 Å². The molecule has 1 aromatic heterocycles. The quantitative estimate of drug-likeness (QED) is 0.208. The van der Waals surface area contributed by atoms with Crippen LogP contribution in [-0.2, 0) is 11.2 Å². The summed E-state index contributed by atoms with van der Waals surface area (Å²) in [4.78, 5) is 17.0. The number of benzene rings is 1. The minimum atomic E-state index is -0.239. The number of esters is 1. The first-order valence-corrected chi connectivity index (χ1v) is 12.7. The minimum absolute atomic E-state index is 0.239. The Bertz CT molecular complexity index is 765. The van der Waals surface area contributed by atoms with Gasteiger partial charge < -0.3 is 4.74 Å². The summed E-state index contributed by atoms with van der Waals surface area (Å²) < 4.78 is 5.49. The molecule has 1 atom stereocenters. The Morgan fingerprint density at radius 1 is 0.875 bits per heavy atom. The number of nitrogens with zero attached hydrogens (tertiary/aromatic N) is 1. The zero-order valence-electron chi connectivity index (χ0n) is 20.7. The second kappa shape index (κ2) is 14.8. The monoisotopic (exact) mass is 437 g/mol. The van der Waals surface area contributed by atoms with Crippen molar-refractivity contribution in [2.24, 2.45) is 11.8 Å². The molecule has 0 aliphatic carbocycles. The van der Waals surface area contributed by atoms with E-state index in [2.05, 4.69) is 44.8 Å². The molecule has 0 bridgehead atoms. The van der Waals surface area contributed by atoms with Crippen molar-refractivity contribution in [3.05, 3.63) is 53.7 Å². The zero-order valence-corrected chi connectivity index (χ0v) is 20.7. The summed E-state index contributed by atoms with van der Waals surface area (Å²) in [5.41, 5.74) is 3.86. The van der Waals surface area contributed by atoms with Crippen molar-refractivity contribution in [1.29, 1.82) is 0 Å². The number of carbonyl (C=O) groups excluding carboxylic acids is 1. The van der Waals surface area contributed by atoms with Crippen LogP contribution in [0.5, 0.6) is 0 Å². The second-order valence-electron chi connectivity index (χ2n) is 9.65. The Balaban J connectivity index is 1.75. The van der Waals surface area contributed by atoms with E-state index in [9.17, 15) is 4.79 Å². The van der Waals surface area contributed by atoms with E-state index >= 15 is 0 Å². The highest BCUT2D eigenvalue weighted by atomic mass is 16.5. The van der Waals surface area contributed by atoms with Gasteiger partial charge in [0.1, 0.15) is 0 Å². The zero-order chi connectivity index (χ0) is 23.2. The molecular formula is C29H43NO2. The van der Waals surface area contributed by atoms with Gasteiger partial charge in [-0.25, -0.2) is 4.79 Å². The summed E-state index contributed by atoms with van der Waals surface area (Å²) in [7, 11) is 0. The molecule has 0 fully saturated rings. The van der Waals surface area contributed by atoms with Crippen molar-refractivity contribution >= 4 is 5.97 Å². The van der Waals surface area contributed by atoms with Gasteiger partial charge >= 0.3 is 5.97 Å². The summed E-state index contributed by atoms with van der Waals surface area (Å²) in [5.74, 6) is 1.11. The number of hydrogen-bond donors (Lipinski definition) is 0. The average molecular weight is 438 g/mol. The standard InChI is InChI=1S/C29H43NO2/c1-5-6-7-8-9-13-25-14-19-28(30-22-25)26-15-17-27(18-16-26)29(31)32-21-20-24(4)12-10-11-23(2)3/h14-19,22-24H,5-13,20-21H2,1-4H3. The Morgan fingerprint density at radius 3 is 2.28 bits per heavy atom.